The number of benzene rings is 1. The van der Waals surface area contributed by atoms with Crippen LogP contribution >= 0.6 is 11.6 Å². The number of carbonyl (C=O) groups is 1. The Morgan fingerprint density at radius 2 is 1.80 bits per heavy atom. The van der Waals surface area contributed by atoms with Crippen LogP contribution in [0.15, 0.2) is 42.6 Å². The minimum atomic E-state index is -5.00. The molecule has 20 heavy (non-hydrogen) atoms. The number of ether oxygens (including phenoxy) is 1. The first-order valence-corrected chi connectivity index (χ1v) is 5.76. The molecule has 1 aromatic heterocycles. The number of hydrogen-bond acceptors (Lipinski definition) is 3. The van der Waals surface area contributed by atoms with E-state index in [9.17, 15) is 18.0 Å². The van der Waals surface area contributed by atoms with E-state index in [4.69, 9.17) is 16.3 Å². The van der Waals surface area contributed by atoms with E-state index < -0.39 is 22.5 Å². The topological polar surface area (TPSA) is 39.2 Å². The van der Waals surface area contributed by atoms with Crippen molar-refractivity contribution < 1.29 is 22.7 Å². The van der Waals surface area contributed by atoms with Crippen LogP contribution in [-0.4, -0.2) is 16.9 Å². The molecule has 3 nitrogen and oxygen atoms in total. The summed E-state index contributed by atoms with van der Waals surface area (Å²) in [4.78, 5) is 14.9. The molecule has 104 valence electrons. The Balaban J connectivity index is 2.35. The van der Waals surface area contributed by atoms with Gasteiger partial charge in [-0.2, -0.15) is 13.2 Å². The second-order valence-electron chi connectivity index (χ2n) is 3.72. The van der Waals surface area contributed by atoms with Gasteiger partial charge in [-0.1, -0.05) is 29.8 Å². The predicted octanol–water partition coefficient (Wildman–Crippen LogP) is 4.27. The van der Waals surface area contributed by atoms with Crippen LogP contribution < -0.4 is 4.74 Å². The van der Waals surface area contributed by atoms with Gasteiger partial charge in [-0.05, 0) is 18.2 Å². The molecule has 0 aliphatic heterocycles. The minimum absolute atomic E-state index is 0.257. The van der Waals surface area contributed by atoms with Crippen LogP contribution in [0.1, 0.15) is 10.4 Å². The summed E-state index contributed by atoms with van der Waals surface area (Å²) in [6.45, 7) is 0. The third kappa shape index (κ3) is 3.08. The first-order valence-electron chi connectivity index (χ1n) is 5.38. The first kappa shape index (κ1) is 14.3. The SMILES string of the molecule is O=C(c1ccnc(Oc2ccccc2)c1Cl)C(F)(F)F. The van der Waals surface area contributed by atoms with Crippen molar-refractivity contribution in [2.24, 2.45) is 0 Å². The molecule has 0 N–H and O–H groups in total. The fourth-order valence-corrected chi connectivity index (χ4v) is 1.66. The summed E-state index contributed by atoms with van der Waals surface area (Å²) in [7, 11) is 0. The standard InChI is InChI=1S/C13H7ClF3NO2/c14-10-9(11(19)13(15,16)17)6-7-18-12(10)20-8-4-2-1-3-5-8/h1-7H. The molecule has 1 heterocycles. The lowest BCUT2D eigenvalue weighted by Crippen LogP contribution is -2.23. The van der Waals surface area contributed by atoms with Gasteiger partial charge in [0, 0.05) is 6.20 Å². The molecule has 1 aromatic carbocycles. The highest BCUT2D eigenvalue weighted by molar-refractivity contribution is 6.35. The molecule has 0 aliphatic carbocycles. The van der Waals surface area contributed by atoms with Gasteiger partial charge in [-0.15, -0.1) is 0 Å². The van der Waals surface area contributed by atoms with Crippen LogP contribution in [0.5, 0.6) is 11.6 Å². The molecule has 7 heteroatoms. The van der Waals surface area contributed by atoms with Crippen molar-refractivity contribution in [1.29, 1.82) is 0 Å². The number of hydrogen-bond donors (Lipinski definition) is 0. The molecule has 0 radical (unpaired) electrons. The van der Waals surface area contributed by atoms with Crippen LogP contribution in [0.3, 0.4) is 0 Å². The molecule has 0 spiro atoms. The van der Waals surface area contributed by atoms with Crippen molar-refractivity contribution in [3.8, 4) is 11.6 Å². The van der Waals surface area contributed by atoms with Crippen molar-refractivity contribution in [2.75, 3.05) is 0 Å². The van der Waals surface area contributed by atoms with Crippen molar-refractivity contribution in [1.82, 2.24) is 4.98 Å². The molecule has 0 fully saturated rings. The van der Waals surface area contributed by atoms with Gasteiger partial charge in [0.1, 0.15) is 10.8 Å². The lowest BCUT2D eigenvalue weighted by atomic mass is 10.1. The van der Waals surface area contributed by atoms with Crippen molar-refractivity contribution in [2.45, 2.75) is 6.18 Å². The Labute approximate surface area is 117 Å². The fraction of sp³-hybridized carbons (Fsp3) is 0.0769. The minimum Gasteiger partial charge on any atom is -0.438 e. The third-order valence-corrected chi connectivity index (χ3v) is 2.68. The van der Waals surface area contributed by atoms with Crippen LogP contribution in [0, 0.1) is 0 Å². The van der Waals surface area contributed by atoms with Crippen LogP contribution in [0.4, 0.5) is 13.2 Å². The van der Waals surface area contributed by atoms with E-state index in [2.05, 4.69) is 4.98 Å². The molecule has 0 unspecified atom stereocenters. The van der Waals surface area contributed by atoms with Gasteiger partial charge in [0.25, 0.3) is 5.78 Å². The average molecular weight is 302 g/mol. The van der Waals surface area contributed by atoms with E-state index in [1.807, 2.05) is 0 Å². The molecular formula is C13H7ClF3NO2. The summed E-state index contributed by atoms with van der Waals surface area (Å²) in [5.74, 6) is -1.95. The normalized spacial score (nSPS) is 11.2. The Kier molecular flexibility index (Phi) is 3.94. The predicted molar refractivity (Wildman–Crippen MR) is 66.1 cm³/mol. The molecule has 2 aromatic rings. The zero-order valence-corrected chi connectivity index (χ0v) is 10.6. The Morgan fingerprint density at radius 1 is 1.15 bits per heavy atom. The lowest BCUT2D eigenvalue weighted by Gasteiger charge is -2.10. The summed E-state index contributed by atoms with van der Waals surface area (Å²) >= 11 is 5.75. The smallest absolute Gasteiger partial charge is 0.438 e. The molecule has 0 saturated heterocycles. The summed E-state index contributed by atoms with van der Waals surface area (Å²) < 4.78 is 42.5. The van der Waals surface area contributed by atoms with Crippen LogP contribution in [0.2, 0.25) is 5.02 Å². The monoisotopic (exact) mass is 301 g/mol. The summed E-state index contributed by atoms with van der Waals surface area (Å²) in [5, 5.41) is -0.473. The third-order valence-electron chi connectivity index (χ3n) is 2.32. The number of Topliss-reactive ketones (excluding diaryl/α,β-unsaturated/α-hetero) is 1. The maximum Gasteiger partial charge on any atom is 0.454 e. The van der Waals surface area contributed by atoms with E-state index in [1.165, 1.54) is 0 Å². The highest BCUT2D eigenvalue weighted by Crippen LogP contribution is 2.33. The number of carbonyl (C=O) groups excluding carboxylic acids is 1. The number of aromatic nitrogens is 1. The van der Waals surface area contributed by atoms with E-state index >= 15 is 0 Å². The maximum absolute atomic E-state index is 12.4. The van der Waals surface area contributed by atoms with Gasteiger partial charge in [0.05, 0.1) is 5.56 Å². The summed E-state index contributed by atoms with van der Waals surface area (Å²) in [6, 6.07) is 9.15. The first-order chi connectivity index (χ1) is 9.39. The Morgan fingerprint density at radius 3 is 2.40 bits per heavy atom. The highest BCUT2D eigenvalue weighted by Gasteiger charge is 2.41. The molecule has 0 amide bonds. The van der Waals surface area contributed by atoms with Gasteiger partial charge >= 0.3 is 6.18 Å². The van der Waals surface area contributed by atoms with Gasteiger partial charge in [-0.3, -0.25) is 4.79 Å². The number of alkyl halides is 3. The van der Waals surface area contributed by atoms with E-state index in [0.29, 0.717) is 5.75 Å². The average Bonchev–Trinajstić information content (AvgIpc) is 2.40. The van der Waals surface area contributed by atoms with E-state index in [0.717, 1.165) is 12.3 Å². The van der Waals surface area contributed by atoms with Crippen molar-refractivity contribution in [3.63, 3.8) is 0 Å². The summed E-state index contributed by atoms with van der Waals surface area (Å²) in [6.07, 6.45) is -3.97. The molecule has 0 aliphatic rings. The number of para-hydroxylation sites is 1. The number of nitrogens with zero attached hydrogens (tertiary/aromatic N) is 1. The number of ketones is 1. The zero-order chi connectivity index (χ0) is 14.8. The van der Waals surface area contributed by atoms with Gasteiger partial charge in [0.2, 0.25) is 5.88 Å². The highest BCUT2D eigenvalue weighted by atomic mass is 35.5. The molecular weight excluding hydrogens is 295 g/mol. The van der Waals surface area contributed by atoms with Crippen molar-refractivity contribution >= 4 is 17.4 Å². The maximum atomic E-state index is 12.4. The molecule has 2 rings (SSSR count). The van der Waals surface area contributed by atoms with Crippen LogP contribution in [0.25, 0.3) is 0 Å². The summed E-state index contributed by atoms with van der Waals surface area (Å²) in [5.41, 5.74) is -0.694. The number of pyridine rings is 1. The second kappa shape index (κ2) is 5.50. The van der Waals surface area contributed by atoms with Gasteiger partial charge in [0.15, 0.2) is 0 Å². The van der Waals surface area contributed by atoms with Gasteiger partial charge in [-0.25, -0.2) is 4.98 Å². The van der Waals surface area contributed by atoms with Crippen molar-refractivity contribution in [3.05, 3.63) is 53.2 Å². The molecule has 0 saturated carbocycles. The number of rotatable bonds is 3. The van der Waals surface area contributed by atoms with Crippen LogP contribution in [-0.2, 0) is 0 Å². The van der Waals surface area contributed by atoms with E-state index in [-0.39, 0.29) is 5.88 Å². The quantitative estimate of drug-likeness (QED) is 0.795. The zero-order valence-electron chi connectivity index (χ0n) is 9.82. The lowest BCUT2D eigenvalue weighted by molar-refractivity contribution is -0.0885. The van der Waals surface area contributed by atoms with Gasteiger partial charge < -0.3 is 4.74 Å². The largest absolute Gasteiger partial charge is 0.454 e. The molecule has 0 bridgehead atoms. The Bertz CT molecular complexity index is 629. The fourth-order valence-electron chi connectivity index (χ4n) is 1.42. The Hall–Kier alpha value is -2.08. The molecule has 0 atom stereocenters. The second-order valence-corrected chi connectivity index (χ2v) is 4.10. The number of halogens is 4. The van der Waals surface area contributed by atoms with E-state index in [1.54, 1.807) is 30.3 Å².